The highest BCUT2D eigenvalue weighted by Crippen LogP contribution is 2.14. The van der Waals surface area contributed by atoms with Gasteiger partial charge in [0.05, 0.1) is 5.56 Å². The van der Waals surface area contributed by atoms with Crippen LogP contribution in [0, 0.1) is 5.82 Å². The maximum atomic E-state index is 13.5. The molecule has 1 heterocycles. The summed E-state index contributed by atoms with van der Waals surface area (Å²) in [5.41, 5.74) is 0.823. The number of aromatic nitrogens is 1. The molecule has 3 nitrogen and oxygen atoms in total. The molecule has 0 radical (unpaired) electrons. The summed E-state index contributed by atoms with van der Waals surface area (Å²) < 4.78 is 13.5. The average molecular weight is 265 g/mol. The van der Waals surface area contributed by atoms with Crippen LogP contribution in [0.5, 0.6) is 0 Å². The number of nitrogens with one attached hydrogen (secondary N) is 1. The van der Waals surface area contributed by atoms with Crippen molar-refractivity contribution in [1.29, 1.82) is 0 Å². The van der Waals surface area contributed by atoms with E-state index in [2.05, 4.69) is 10.3 Å². The molecule has 0 unspecified atom stereocenters. The van der Waals surface area contributed by atoms with Gasteiger partial charge >= 0.3 is 0 Å². The quantitative estimate of drug-likeness (QED) is 0.926. The van der Waals surface area contributed by atoms with Gasteiger partial charge in [0.1, 0.15) is 5.82 Å². The summed E-state index contributed by atoms with van der Waals surface area (Å²) in [5, 5.41) is 2.87. The van der Waals surface area contributed by atoms with Gasteiger partial charge in [-0.25, -0.2) is 4.39 Å². The standard InChI is InChI=1S/C13H10ClFN2O/c14-10-3-4-11(12(15)6-10)13(18)17-8-9-2-1-5-16-7-9/h1-7H,8H2,(H,17,18). The first kappa shape index (κ1) is 12.5. The van der Waals surface area contributed by atoms with E-state index in [9.17, 15) is 9.18 Å². The van der Waals surface area contributed by atoms with Gasteiger partial charge in [0.25, 0.3) is 5.91 Å². The van der Waals surface area contributed by atoms with Crippen LogP contribution in [-0.4, -0.2) is 10.9 Å². The van der Waals surface area contributed by atoms with Gasteiger partial charge in [-0.15, -0.1) is 0 Å². The lowest BCUT2D eigenvalue weighted by atomic mass is 10.2. The maximum Gasteiger partial charge on any atom is 0.254 e. The first-order chi connectivity index (χ1) is 8.66. The molecule has 0 atom stereocenters. The minimum Gasteiger partial charge on any atom is -0.348 e. The largest absolute Gasteiger partial charge is 0.348 e. The molecule has 92 valence electrons. The third-order valence-corrected chi connectivity index (χ3v) is 2.59. The minimum absolute atomic E-state index is 0.0247. The molecule has 2 aromatic rings. The Balaban J connectivity index is 2.04. The molecule has 0 aliphatic rings. The summed E-state index contributed by atoms with van der Waals surface area (Å²) >= 11 is 5.61. The van der Waals surface area contributed by atoms with Crippen LogP contribution < -0.4 is 5.32 Å². The molecule has 1 N–H and O–H groups in total. The molecular weight excluding hydrogens is 255 g/mol. The van der Waals surface area contributed by atoms with Crippen LogP contribution in [0.15, 0.2) is 42.7 Å². The molecule has 0 saturated carbocycles. The van der Waals surface area contributed by atoms with Gasteiger partial charge in [-0.05, 0) is 29.8 Å². The Hall–Kier alpha value is -1.94. The summed E-state index contributed by atoms with van der Waals surface area (Å²) in [6, 6.07) is 7.54. The summed E-state index contributed by atoms with van der Waals surface area (Å²) in [4.78, 5) is 15.7. The lowest BCUT2D eigenvalue weighted by molar-refractivity contribution is 0.0947. The Kier molecular flexibility index (Phi) is 3.89. The van der Waals surface area contributed by atoms with Crippen LogP contribution in [0.25, 0.3) is 0 Å². The monoisotopic (exact) mass is 264 g/mol. The van der Waals surface area contributed by atoms with E-state index in [0.29, 0.717) is 6.54 Å². The molecule has 0 fully saturated rings. The van der Waals surface area contributed by atoms with E-state index in [4.69, 9.17) is 11.6 Å². The van der Waals surface area contributed by atoms with Gasteiger partial charge in [-0.3, -0.25) is 9.78 Å². The van der Waals surface area contributed by atoms with Crippen molar-refractivity contribution in [3.05, 3.63) is 64.7 Å². The highest BCUT2D eigenvalue weighted by molar-refractivity contribution is 6.30. The predicted octanol–water partition coefficient (Wildman–Crippen LogP) is 2.80. The number of hydrogen-bond donors (Lipinski definition) is 1. The third kappa shape index (κ3) is 3.05. The Labute approximate surface area is 109 Å². The van der Waals surface area contributed by atoms with Crippen LogP contribution >= 0.6 is 11.6 Å². The highest BCUT2D eigenvalue weighted by Gasteiger charge is 2.11. The van der Waals surface area contributed by atoms with Crippen LogP contribution in [0.3, 0.4) is 0 Å². The molecule has 0 aliphatic carbocycles. The van der Waals surface area contributed by atoms with E-state index in [-0.39, 0.29) is 10.6 Å². The van der Waals surface area contributed by atoms with Crippen molar-refractivity contribution in [3.8, 4) is 0 Å². The summed E-state index contributed by atoms with van der Waals surface area (Å²) in [6.45, 7) is 0.300. The average Bonchev–Trinajstić information content (AvgIpc) is 2.37. The lowest BCUT2D eigenvalue weighted by Gasteiger charge is -2.06. The molecule has 0 saturated heterocycles. The Bertz CT molecular complexity index is 560. The SMILES string of the molecule is O=C(NCc1cccnc1)c1ccc(Cl)cc1F. The second-order valence-electron chi connectivity index (χ2n) is 3.67. The number of benzene rings is 1. The highest BCUT2D eigenvalue weighted by atomic mass is 35.5. The van der Waals surface area contributed by atoms with Gasteiger partial charge in [-0.2, -0.15) is 0 Å². The molecular formula is C13H10ClFN2O. The van der Waals surface area contributed by atoms with E-state index in [0.717, 1.165) is 11.6 Å². The molecule has 0 aliphatic heterocycles. The lowest BCUT2D eigenvalue weighted by Crippen LogP contribution is -2.23. The van der Waals surface area contributed by atoms with E-state index < -0.39 is 11.7 Å². The van der Waals surface area contributed by atoms with Gasteiger partial charge < -0.3 is 5.32 Å². The topological polar surface area (TPSA) is 42.0 Å². The zero-order valence-corrected chi connectivity index (χ0v) is 10.1. The molecule has 1 aromatic heterocycles. The maximum absolute atomic E-state index is 13.5. The number of halogens is 2. The molecule has 1 aromatic carbocycles. The zero-order valence-electron chi connectivity index (χ0n) is 9.36. The van der Waals surface area contributed by atoms with Crippen LogP contribution in [0.4, 0.5) is 4.39 Å². The Morgan fingerprint density at radius 3 is 2.89 bits per heavy atom. The molecule has 1 amide bonds. The molecule has 2 rings (SSSR count). The first-order valence-corrected chi connectivity index (χ1v) is 5.67. The fourth-order valence-corrected chi connectivity index (χ4v) is 1.61. The fraction of sp³-hybridized carbons (Fsp3) is 0.0769. The van der Waals surface area contributed by atoms with E-state index in [1.807, 2.05) is 6.07 Å². The van der Waals surface area contributed by atoms with E-state index in [1.165, 1.54) is 12.1 Å². The van der Waals surface area contributed by atoms with E-state index in [1.54, 1.807) is 18.5 Å². The van der Waals surface area contributed by atoms with Gasteiger partial charge in [0.15, 0.2) is 0 Å². The van der Waals surface area contributed by atoms with Crippen LogP contribution in [0.1, 0.15) is 15.9 Å². The number of rotatable bonds is 3. The smallest absolute Gasteiger partial charge is 0.254 e. The van der Waals surface area contributed by atoms with Gasteiger partial charge in [0.2, 0.25) is 0 Å². The van der Waals surface area contributed by atoms with E-state index >= 15 is 0 Å². The number of amides is 1. The second-order valence-corrected chi connectivity index (χ2v) is 4.10. The van der Waals surface area contributed by atoms with Gasteiger partial charge in [0, 0.05) is 24.0 Å². The zero-order chi connectivity index (χ0) is 13.0. The van der Waals surface area contributed by atoms with Crippen molar-refractivity contribution in [1.82, 2.24) is 10.3 Å². The van der Waals surface area contributed by atoms with Crippen molar-refractivity contribution in [3.63, 3.8) is 0 Å². The Morgan fingerprint density at radius 2 is 2.22 bits per heavy atom. The Morgan fingerprint density at radius 1 is 1.39 bits per heavy atom. The van der Waals surface area contributed by atoms with Crippen molar-refractivity contribution in [2.75, 3.05) is 0 Å². The normalized spacial score (nSPS) is 10.1. The number of nitrogens with zero attached hydrogens (tertiary/aromatic N) is 1. The molecule has 5 heteroatoms. The van der Waals surface area contributed by atoms with Crippen molar-refractivity contribution >= 4 is 17.5 Å². The van der Waals surface area contributed by atoms with Crippen LogP contribution in [-0.2, 0) is 6.54 Å². The van der Waals surface area contributed by atoms with Gasteiger partial charge in [-0.1, -0.05) is 17.7 Å². The van der Waals surface area contributed by atoms with Crippen molar-refractivity contribution in [2.45, 2.75) is 6.54 Å². The number of carbonyl (C=O) groups is 1. The van der Waals surface area contributed by atoms with Crippen molar-refractivity contribution in [2.24, 2.45) is 0 Å². The first-order valence-electron chi connectivity index (χ1n) is 5.29. The van der Waals surface area contributed by atoms with Crippen LogP contribution in [0.2, 0.25) is 5.02 Å². The number of hydrogen-bond acceptors (Lipinski definition) is 2. The predicted molar refractivity (Wildman–Crippen MR) is 66.8 cm³/mol. The minimum atomic E-state index is -0.633. The number of carbonyl (C=O) groups excluding carboxylic acids is 1. The second kappa shape index (κ2) is 5.60. The third-order valence-electron chi connectivity index (χ3n) is 2.35. The van der Waals surface area contributed by atoms with Crippen molar-refractivity contribution < 1.29 is 9.18 Å². The summed E-state index contributed by atoms with van der Waals surface area (Å²) in [7, 11) is 0. The summed E-state index contributed by atoms with van der Waals surface area (Å²) in [5.74, 6) is -1.11. The fourth-order valence-electron chi connectivity index (χ4n) is 1.45. The molecule has 18 heavy (non-hydrogen) atoms. The molecule has 0 spiro atoms. The molecule has 0 bridgehead atoms. The number of pyridine rings is 1. The summed E-state index contributed by atoms with van der Waals surface area (Å²) in [6.07, 6.45) is 3.28.